The molecule has 2 fully saturated rings. The summed E-state index contributed by atoms with van der Waals surface area (Å²) in [7, 11) is -3.46. The molecule has 0 unspecified atom stereocenters. The Bertz CT molecular complexity index is 912. The summed E-state index contributed by atoms with van der Waals surface area (Å²) in [6, 6.07) is 7.58. The van der Waals surface area contributed by atoms with Crippen LogP contribution in [0.2, 0.25) is 0 Å². The zero-order valence-corrected chi connectivity index (χ0v) is 18.1. The Morgan fingerprint density at radius 2 is 1.69 bits per heavy atom. The summed E-state index contributed by atoms with van der Waals surface area (Å²) < 4.78 is 33.0. The number of nitrogens with zero attached hydrogens (tertiary/aromatic N) is 4. The van der Waals surface area contributed by atoms with Crippen molar-refractivity contribution in [1.29, 1.82) is 0 Å². The third kappa shape index (κ3) is 4.39. The molecule has 158 valence electrons. The molecule has 4 rings (SSSR count). The van der Waals surface area contributed by atoms with Crippen LogP contribution < -0.4 is 0 Å². The van der Waals surface area contributed by atoms with E-state index in [1.54, 1.807) is 23.4 Å². The molecule has 29 heavy (non-hydrogen) atoms. The van der Waals surface area contributed by atoms with Gasteiger partial charge in [0.15, 0.2) is 5.82 Å². The second-order valence-corrected chi connectivity index (χ2v) is 10.1. The lowest BCUT2D eigenvalue weighted by Crippen LogP contribution is -2.49. The van der Waals surface area contributed by atoms with E-state index in [0.29, 0.717) is 48.7 Å². The van der Waals surface area contributed by atoms with Crippen molar-refractivity contribution >= 4 is 10.0 Å². The van der Waals surface area contributed by atoms with E-state index in [4.69, 9.17) is 4.52 Å². The van der Waals surface area contributed by atoms with Gasteiger partial charge >= 0.3 is 0 Å². The van der Waals surface area contributed by atoms with E-state index in [2.05, 4.69) is 15.0 Å². The molecule has 2 aromatic rings. The minimum Gasteiger partial charge on any atom is -0.338 e. The molecule has 1 aliphatic heterocycles. The van der Waals surface area contributed by atoms with Crippen molar-refractivity contribution in [2.24, 2.45) is 0 Å². The zero-order valence-electron chi connectivity index (χ0n) is 17.2. The Morgan fingerprint density at radius 3 is 2.28 bits per heavy atom. The minimum atomic E-state index is -3.46. The van der Waals surface area contributed by atoms with Crippen LogP contribution in [0.1, 0.15) is 68.3 Å². The molecule has 1 aromatic heterocycles. The number of piperazine rings is 1. The van der Waals surface area contributed by atoms with Crippen molar-refractivity contribution in [1.82, 2.24) is 19.3 Å². The fourth-order valence-electron chi connectivity index (χ4n) is 4.47. The van der Waals surface area contributed by atoms with Crippen molar-refractivity contribution in [3.63, 3.8) is 0 Å². The summed E-state index contributed by atoms with van der Waals surface area (Å²) in [5.74, 6) is 1.78. The quantitative estimate of drug-likeness (QED) is 0.739. The molecule has 7 nitrogen and oxygen atoms in total. The average molecular weight is 419 g/mol. The topological polar surface area (TPSA) is 79.5 Å². The molecule has 1 aromatic carbocycles. The lowest BCUT2D eigenvalue weighted by molar-refractivity contribution is 0.124. The second kappa shape index (κ2) is 8.53. The van der Waals surface area contributed by atoms with Gasteiger partial charge in [-0.3, -0.25) is 4.90 Å². The maximum atomic E-state index is 13.1. The van der Waals surface area contributed by atoms with Crippen molar-refractivity contribution < 1.29 is 12.9 Å². The van der Waals surface area contributed by atoms with Gasteiger partial charge in [0.05, 0.1) is 10.9 Å². The Morgan fingerprint density at radius 1 is 1.03 bits per heavy atom. The highest BCUT2D eigenvalue weighted by atomic mass is 32.2. The van der Waals surface area contributed by atoms with Gasteiger partial charge in [-0.15, -0.1) is 0 Å². The van der Waals surface area contributed by atoms with Gasteiger partial charge in [0.25, 0.3) is 0 Å². The predicted molar refractivity (Wildman–Crippen MR) is 110 cm³/mol. The van der Waals surface area contributed by atoms with Crippen LogP contribution in [0.4, 0.5) is 0 Å². The number of sulfonamides is 1. The summed E-state index contributed by atoms with van der Waals surface area (Å²) in [5.41, 5.74) is 1.28. The van der Waals surface area contributed by atoms with Crippen LogP contribution in [-0.4, -0.2) is 53.9 Å². The molecule has 2 heterocycles. The summed E-state index contributed by atoms with van der Waals surface area (Å²) >= 11 is 0. The highest BCUT2D eigenvalue weighted by molar-refractivity contribution is 7.89. The third-order valence-corrected chi connectivity index (χ3v) is 8.23. The van der Waals surface area contributed by atoms with Gasteiger partial charge in [-0.05, 0) is 50.3 Å². The number of hydrogen-bond acceptors (Lipinski definition) is 6. The molecule has 1 saturated carbocycles. The Labute approximate surface area is 173 Å². The maximum absolute atomic E-state index is 13.1. The van der Waals surface area contributed by atoms with E-state index in [-0.39, 0.29) is 6.04 Å². The van der Waals surface area contributed by atoms with Crippen LogP contribution in [0.25, 0.3) is 0 Å². The van der Waals surface area contributed by atoms with Crippen LogP contribution >= 0.6 is 0 Å². The van der Waals surface area contributed by atoms with E-state index in [1.807, 2.05) is 19.1 Å². The van der Waals surface area contributed by atoms with Gasteiger partial charge < -0.3 is 4.52 Å². The summed E-state index contributed by atoms with van der Waals surface area (Å²) in [6.07, 6.45) is 6.30. The van der Waals surface area contributed by atoms with Gasteiger partial charge in [0.1, 0.15) is 0 Å². The monoisotopic (exact) mass is 418 g/mol. The minimum absolute atomic E-state index is 0.0177. The number of rotatable bonds is 5. The first kappa shape index (κ1) is 20.5. The fourth-order valence-corrected chi connectivity index (χ4v) is 5.89. The molecule has 0 radical (unpaired) electrons. The molecule has 0 bridgehead atoms. The molecule has 2 aliphatic rings. The van der Waals surface area contributed by atoms with Crippen LogP contribution in [0.3, 0.4) is 0 Å². The molecular formula is C21H30N4O3S. The molecule has 0 N–H and O–H groups in total. The third-order valence-electron chi connectivity index (χ3n) is 6.32. The molecule has 8 heteroatoms. The van der Waals surface area contributed by atoms with Gasteiger partial charge in [-0.25, -0.2) is 8.42 Å². The molecule has 1 aliphatic carbocycles. The summed E-state index contributed by atoms with van der Waals surface area (Å²) in [5, 5.41) is 3.85. The molecule has 0 spiro atoms. The van der Waals surface area contributed by atoms with Crippen molar-refractivity contribution in [3.8, 4) is 0 Å². The first-order chi connectivity index (χ1) is 13.9. The molecule has 0 amide bonds. The normalized spacial score (nSPS) is 21.3. The number of benzene rings is 1. The second-order valence-electron chi connectivity index (χ2n) is 8.20. The van der Waals surface area contributed by atoms with Crippen molar-refractivity contribution in [2.75, 3.05) is 26.2 Å². The average Bonchev–Trinajstić information content (AvgIpc) is 3.20. The Kier molecular flexibility index (Phi) is 6.03. The van der Waals surface area contributed by atoms with Crippen LogP contribution in [0.15, 0.2) is 33.7 Å². The van der Waals surface area contributed by atoms with E-state index < -0.39 is 10.0 Å². The zero-order chi connectivity index (χ0) is 20.4. The molecule has 1 atom stereocenters. The maximum Gasteiger partial charge on any atom is 0.243 e. The van der Waals surface area contributed by atoms with Gasteiger partial charge in [-0.2, -0.15) is 9.29 Å². The lowest BCUT2D eigenvalue weighted by atomic mass is 9.84. The first-order valence-electron chi connectivity index (χ1n) is 10.6. The Balaban J connectivity index is 1.39. The molecule has 1 saturated heterocycles. The van der Waals surface area contributed by atoms with Gasteiger partial charge in [-0.1, -0.05) is 36.6 Å². The van der Waals surface area contributed by atoms with E-state index >= 15 is 0 Å². The fraction of sp³-hybridized carbons (Fsp3) is 0.619. The number of aryl methyl sites for hydroxylation is 1. The highest BCUT2D eigenvalue weighted by Gasteiger charge is 2.31. The lowest BCUT2D eigenvalue weighted by Gasteiger charge is -2.36. The summed E-state index contributed by atoms with van der Waals surface area (Å²) in [6.45, 7) is 6.02. The van der Waals surface area contributed by atoms with Gasteiger partial charge in [0, 0.05) is 26.2 Å². The van der Waals surface area contributed by atoms with Crippen LogP contribution in [0.5, 0.6) is 0 Å². The SMILES string of the molecule is Cc1noc([C@@H](C)N2CCN(S(=O)(=O)c3ccc(C4CCCCC4)cc3)CC2)n1. The predicted octanol–water partition coefficient (Wildman–Crippen LogP) is 3.49. The number of aromatic nitrogens is 2. The largest absolute Gasteiger partial charge is 0.338 e. The first-order valence-corrected chi connectivity index (χ1v) is 12.0. The molecular weight excluding hydrogens is 388 g/mol. The summed E-state index contributed by atoms with van der Waals surface area (Å²) in [4.78, 5) is 6.88. The van der Waals surface area contributed by atoms with Crippen LogP contribution in [0, 0.1) is 6.92 Å². The van der Waals surface area contributed by atoms with Crippen LogP contribution in [-0.2, 0) is 10.0 Å². The van der Waals surface area contributed by atoms with Crippen molar-refractivity contribution in [3.05, 3.63) is 41.5 Å². The Hall–Kier alpha value is -1.77. The number of hydrogen-bond donors (Lipinski definition) is 0. The van der Waals surface area contributed by atoms with E-state index in [1.165, 1.54) is 37.7 Å². The highest BCUT2D eigenvalue weighted by Crippen LogP contribution is 2.33. The van der Waals surface area contributed by atoms with Crippen molar-refractivity contribution in [2.45, 2.75) is 62.8 Å². The standard InChI is InChI=1S/C21H30N4O3S/c1-16(21-22-17(2)23-28-21)24-12-14-25(15-13-24)29(26,27)20-10-8-19(9-11-20)18-6-4-3-5-7-18/h8-11,16,18H,3-7,12-15H2,1-2H3/t16-/m1/s1. The van der Waals surface area contributed by atoms with E-state index in [9.17, 15) is 8.42 Å². The van der Waals surface area contributed by atoms with Gasteiger partial charge in [0.2, 0.25) is 15.9 Å². The smallest absolute Gasteiger partial charge is 0.243 e. The van der Waals surface area contributed by atoms with E-state index in [0.717, 1.165) is 0 Å².